The van der Waals surface area contributed by atoms with Crippen molar-refractivity contribution in [3.63, 3.8) is 0 Å². The maximum Gasteiger partial charge on any atom is 2.00 e. The number of benzene rings is 7. The molecule has 0 fully saturated rings. The average molecular weight is 888 g/mol. The summed E-state index contributed by atoms with van der Waals surface area (Å²) in [5, 5.41) is 11.9. The Hall–Kier alpha value is -6.11. The van der Waals surface area contributed by atoms with Crippen LogP contribution in [0.1, 0.15) is 5.56 Å². The quantitative estimate of drug-likeness (QED) is 0.156. The van der Waals surface area contributed by atoms with E-state index in [9.17, 15) is 5.26 Å². The first kappa shape index (κ1) is 33.1. The Bertz CT molecular complexity index is 2750. The summed E-state index contributed by atoms with van der Waals surface area (Å²) in [6.07, 6.45) is 0. The van der Waals surface area contributed by atoms with Gasteiger partial charge in [0.25, 0.3) is 0 Å². The van der Waals surface area contributed by atoms with Gasteiger partial charge in [0.05, 0.1) is 22.7 Å². The molecule has 0 saturated heterocycles. The van der Waals surface area contributed by atoms with Crippen LogP contribution in [0.25, 0.3) is 83.9 Å². The Kier molecular flexibility index (Phi) is 9.06. The molecule has 0 unspecified atom stereocenters. The molecule has 9 rings (SSSR count). The van der Waals surface area contributed by atoms with Crippen molar-refractivity contribution in [3.05, 3.63) is 181 Å². The van der Waals surface area contributed by atoms with Crippen molar-refractivity contribution in [2.24, 2.45) is 0 Å². The largest absolute Gasteiger partial charge is 2.00 e. The fourth-order valence-electron chi connectivity index (χ4n) is 6.61. The summed E-state index contributed by atoms with van der Waals surface area (Å²) in [5.41, 5.74) is 10.5. The van der Waals surface area contributed by atoms with Crippen LogP contribution in [0.4, 0.5) is 0 Å². The molecule has 0 amide bonds. The zero-order valence-corrected chi connectivity index (χ0v) is 32.0. The SMILES string of the molecule is N#Cc1cccc(-c2nc(-c3ccccc3)nc(-c3ccc(-n4c5ccccc5c5cc(-c6[c-]c(-c7[c-]cccc7)ccc6)ccc54)cc3)n2)c1.[U+2]. The normalized spacial score (nSPS) is 10.9. The van der Waals surface area contributed by atoms with Crippen molar-refractivity contribution in [2.75, 3.05) is 0 Å². The summed E-state index contributed by atoms with van der Waals surface area (Å²) in [6, 6.07) is 64.2. The number of aromatic nitrogens is 4. The second-order valence-corrected chi connectivity index (χ2v) is 12.3. The second kappa shape index (κ2) is 14.3. The van der Waals surface area contributed by atoms with E-state index in [-0.39, 0.29) is 31.1 Å². The Morgan fingerprint density at radius 3 is 1.87 bits per heavy atom. The number of para-hydroxylation sites is 1. The van der Waals surface area contributed by atoms with Crippen LogP contribution in [0.15, 0.2) is 164 Å². The monoisotopic (exact) mass is 887 g/mol. The van der Waals surface area contributed by atoms with E-state index in [0.29, 0.717) is 23.0 Å². The first-order valence-electron chi connectivity index (χ1n) is 16.7. The first-order valence-corrected chi connectivity index (χ1v) is 16.7. The summed E-state index contributed by atoms with van der Waals surface area (Å²) in [4.78, 5) is 14.6. The number of hydrogen-bond acceptors (Lipinski definition) is 4. The average Bonchev–Trinajstić information content (AvgIpc) is 3.55. The molecule has 0 atom stereocenters. The third-order valence-corrected chi connectivity index (χ3v) is 9.08. The molecule has 0 N–H and O–H groups in total. The Morgan fingerprint density at radius 1 is 0.481 bits per heavy atom. The van der Waals surface area contributed by atoms with E-state index < -0.39 is 0 Å². The smallest absolute Gasteiger partial charge is 0.309 e. The molecular weight excluding hydrogens is 861 g/mol. The minimum Gasteiger partial charge on any atom is -0.309 e. The number of hydrogen-bond donors (Lipinski definition) is 0. The fourth-order valence-corrected chi connectivity index (χ4v) is 6.61. The Morgan fingerprint density at radius 2 is 1.10 bits per heavy atom. The molecule has 0 aliphatic rings. The molecular formula is C46H27N5U. The van der Waals surface area contributed by atoms with Crippen LogP contribution in [0.5, 0.6) is 0 Å². The van der Waals surface area contributed by atoms with E-state index in [1.54, 1.807) is 12.1 Å². The molecule has 0 bridgehead atoms. The minimum absolute atomic E-state index is 0. The van der Waals surface area contributed by atoms with Gasteiger partial charge in [-0.05, 0) is 48.5 Å². The predicted octanol–water partition coefficient (Wildman–Crippen LogP) is 10.8. The second-order valence-electron chi connectivity index (χ2n) is 12.3. The summed E-state index contributed by atoms with van der Waals surface area (Å²) in [6.45, 7) is 0. The van der Waals surface area contributed by atoms with E-state index in [1.807, 2.05) is 60.7 Å². The molecule has 2 heterocycles. The molecule has 0 spiro atoms. The molecule has 0 aliphatic carbocycles. The summed E-state index contributed by atoms with van der Waals surface area (Å²) < 4.78 is 2.30. The van der Waals surface area contributed by atoms with Gasteiger partial charge in [-0.1, -0.05) is 78.4 Å². The summed E-state index contributed by atoms with van der Waals surface area (Å²) in [5.74, 6) is 1.65. The van der Waals surface area contributed by atoms with Gasteiger partial charge in [0.2, 0.25) is 0 Å². The topological polar surface area (TPSA) is 67.4 Å². The standard InChI is InChI=1S/C46H27N5.U/c47-30-31-11-9-18-38(27-31)46-49-44(33-14-5-2-6-15-33)48-45(50-46)34-21-24-39(25-22-34)51-42-20-8-7-19-40(42)41-29-37(23-26-43(41)51)36-17-10-16-35(28-36)32-12-3-1-4-13-32;/h1-12,14-27,29H;/q-2;+2. The van der Waals surface area contributed by atoms with Crippen LogP contribution in [-0.4, -0.2) is 19.5 Å². The van der Waals surface area contributed by atoms with E-state index in [4.69, 9.17) is 15.0 Å². The molecule has 7 aromatic carbocycles. The van der Waals surface area contributed by atoms with E-state index in [2.05, 4.69) is 114 Å². The molecule has 52 heavy (non-hydrogen) atoms. The van der Waals surface area contributed by atoms with Gasteiger partial charge in [-0.15, -0.1) is 23.8 Å². The van der Waals surface area contributed by atoms with Crippen LogP contribution in [0.2, 0.25) is 0 Å². The van der Waals surface area contributed by atoms with Crippen molar-refractivity contribution in [3.8, 4) is 68.2 Å². The van der Waals surface area contributed by atoms with Crippen molar-refractivity contribution in [2.45, 2.75) is 0 Å². The van der Waals surface area contributed by atoms with Crippen molar-refractivity contribution >= 4 is 21.8 Å². The van der Waals surface area contributed by atoms with Crippen LogP contribution in [0, 0.1) is 54.6 Å². The third-order valence-electron chi connectivity index (χ3n) is 9.08. The molecule has 0 radical (unpaired) electrons. The van der Waals surface area contributed by atoms with Crippen LogP contribution in [-0.2, 0) is 0 Å². The number of fused-ring (bicyclic) bond motifs is 3. The van der Waals surface area contributed by atoms with Gasteiger partial charge >= 0.3 is 31.1 Å². The minimum atomic E-state index is 0. The third kappa shape index (κ3) is 6.23. The van der Waals surface area contributed by atoms with Gasteiger partial charge < -0.3 is 4.57 Å². The number of rotatable bonds is 6. The molecule has 240 valence electrons. The van der Waals surface area contributed by atoms with Gasteiger partial charge in [-0.2, -0.15) is 47.2 Å². The fraction of sp³-hybridized carbons (Fsp3) is 0. The molecule has 6 heteroatoms. The van der Waals surface area contributed by atoms with E-state index >= 15 is 0 Å². The zero-order valence-electron chi connectivity index (χ0n) is 27.8. The maximum atomic E-state index is 9.52. The van der Waals surface area contributed by atoms with Crippen molar-refractivity contribution in [1.82, 2.24) is 19.5 Å². The van der Waals surface area contributed by atoms with Crippen LogP contribution < -0.4 is 0 Å². The summed E-state index contributed by atoms with van der Waals surface area (Å²) >= 11 is 0. The first-order chi connectivity index (χ1) is 25.2. The van der Waals surface area contributed by atoms with Gasteiger partial charge in [-0.3, -0.25) is 0 Å². The van der Waals surface area contributed by atoms with E-state index in [1.165, 1.54) is 10.8 Å². The predicted molar refractivity (Wildman–Crippen MR) is 204 cm³/mol. The Balaban J connectivity index is 0.00000387. The molecule has 0 saturated carbocycles. The van der Waals surface area contributed by atoms with Gasteiger partial charge in [0.15, 0.2) is 17.5 Å². The molecule has 9 aromatic rings. The Labute approximate surface area is 325 Å². The number of nitriles is 1. The molecule has 5 nitrogen and oxygen atoms in total. The van der Waals surface area contributed by atoms with Gasteiger partial charge in [0, 0.05) is 33.2 Å². The van der Waals surface area contributed by atoms with Crippen LogP contribution in [0.3, 0.4) is 0 Å². The van der Waals surface area contributed by atoms with Gasteiger partial charge in [-0.25, -0.2) is 20.5 Å². The molecule has 2 aromatic heterocycles. The molecule has 0 aliphatic heterocycles. The van der Waals surface area contributed by atoms with E-state index in [0.717, 1.165) is 55.7 Å². The van der Waals surface area contributed by atoms with Crippen molar-refractivity contribution in [1.29, 1.82) is 5.26 Å². The van der Waals surface area contributed by atoms with Crippen LogP contribution >= 0.6 is 0 Å². The zero-order chi connectivity index (χ0) is 34.1. The maximum absolute atomic E-state index is 9.52. The van der Waals surface area contributed by atoms with Gasteiger partial charge in [0.1, 0.15) is 0 Å². The number of nitrogens with zero attached hydrogens (tertiary/aromatic N) is 5. The summed E-state index contributed by atoms with van der Waals surface area (Å²) in [7, 11) is 0. The van der Waals surface area contributed by atoms with Crippen molar-refractivity contribution < 1.29 is 31.1 Å².